The molecule has 46 valence electrons. The maximum Gasteiger partial charge on any atom is 0 e. The fourth-order valence-corrected chi connectivity index (χ4v) is 0.428. The van der Waals surface area contributed by atoms with Crippen LogP contribution in [0.4, 0.5) is 0 Å². The van der Waals surface area contributed by atoms with Crippen molar-refractivity contribution in [2.45, 2.75) is 0 Å². The standard InChI is InChI=1S/C6H6O.H2Se.Zn/c7-6-4-2-1-3-5-6;;/h1-5,7H;1H2;. The van der Waals surface area contributed by atoms with Gasteiger partial charge in [-0.2, -0.15) is 0 Å². The number of phenols is 1. The van der Waals surface area contributed by atoms with Gasteiger partial charge < -0.3 is 5.11 Å². The van der Waals surface area contributed by atoms with Crippen LogP contribution >= 0.6 is 0 Å². The van der Waals surface area contributed by atoms with E-state index in [-0.39, 0.29) is 36.5 Å². The summed E-state index contributed by atoms with van der Waals surface area (Å²) in [4.78, 5) is 0. The Morgan fingerprint density at radius 2 is 1.44 bits per heavy atom. The number of rotatable bonds is 0. The molecule has 0 amide bonds. The van der Waals surface area contributed by atoms with Gasteiger partial charge in [-0.3, -0.25) is 0 Å². The van der Waals surface area contributed by atoms with Gasteiger partial charge in [0.05, 0.1) is 0 Å². The van der Waals surface area contributed by atoms with Crippen LogP contribution in [0.2, 0.25) is 0 Å². The van der Waals surface area contributed by atoms with Gasteiger partial charge in [-0.15, -0.1) is 0 Å². The number of phenolic OH excluding ortho intramolecular Hbond substituents is 1. The Labute approximate surface area is 77.7 Å². The van der Waals surface area contributed by atoms with Crippen LogP contribution in [-0.2, 0) is 19.5 Å². The second kappa shape index (κ2) is 6.29. The first-order valence-electron chi connectivity index (χ1n) is 2.13. The van der Waals surface area contributed by atoms with E-state index in [4.69, 9.17) is 5.11 Å². The van der Waals surface area contributed by atoms with E-state index in [1.54, 1.807) is 24.3 Å². The van der Waals surface area contributed by atoms with E-state index < -0.39 is 0 Å². The van der Waals surface area contributed by atoms with Crippen LogP contribution in [0.1, 0.15) is 0 Å². The molecule has 0 fully saturated rings. The third-order valence-electron chi connectivity index (χ3n) is 0.756. The predicted octanol–water partition coefficient (Wildman–Crippen LogP) is 0.473. The van der Waals surface area contributed by atoms with E-state index in [1.165, 1.54) is 0 Å². The van der Waals surface area contributed by atoms with Gasteiger partial charge in [-0.1, -0.05) is 18.2 Å². The van der Waals surface area contributed by atoms with Crippen molar-refractivity contribution in [3.63, 3.8) is 0 Å². The maximum absolute atomic E-state index is 8.63. The van der Waals surface area contributed by atoms with E-state index >= 15 is 0 Å². The second-order valence-electron chi connectivity index (χ2n) is 1.34. The van der Waals surface area contributed by atoms with Crippen LogP contribution in [0.5, 0.6) is 5.75 Å². The van der Waals surface area contributed by atoms with Crippen LogP contribution in [-0.4, -0.2) is 22.2 Å². The predicted molar refractivity (Wildman–Crippen MR) is 36.7 cm³/mol. The number of hydrogen-bond donors (Lipinski definition) is 1. The number of hydrogen-bond acceptors (Lipinski definition) is 1. The molecule has 0 saturated carbocycles. The molecule has 1 nitrogen and oxygen atoms in total. The molecule has 0 aromatic heterocycles. The summed E-state index contributed by atoms with van der Waals surface area (Å²) >= 11 is 0. The first-order chi connectivity index (χ1) is 3.39. The van der Waals surface area contributed by atoms with Crippen molar-refractivity contribution in [1.29, 1.82) is 0 Å². The molecule has 1 aromatic carbocycles. The average molecular weight is 240 g/mol. The Morgan fingerprint density at radius 1 is 1.00 bits per heavy atom. The van der Waals surface area contributed by atoms with Crippen molar-refractivity contribution in [1.82, 2.24) is 0 Å². The van der Waals surface area contributed by atoms with Crippen molar-refractivity contribution in [3.8, 4) is 5.75 Å². The van der Waals surface area contributed by atoms with E-state index in [9.17, 15) is 0 Å². The summed E-state index contributed by atoms with van der Waals surface area (Å²) in [6, 6.07) is 8.71. The molecule has 0 aliphatic carbocycles. The van der Waals surface area contributed by atoms with Gasteiger partial charge in [0.1, 0.15) is 5.75 Å². The van der Waals surface area contributed by atoms with Crippen molar-refractivity contribution >= 4 is 17.1 Å². The fraction of sp³-hybridized carbons (Fsp3) is 0. The van der Waals surface area contributed by atoms with E-state index in [1.807, 2.05) is 6.07 Å². The molecular formula is C6H8OSeZn. The molecule has 0 radical (unpaired) electrons. The fourth-order valence-electron chi connectivity index (χ4n) is 0.428. The summed E-state index contributed by atoms with van der Waals surface area (Å²) in [6.07, 6.45) is 0. The van der Waals surface area contributed by atoms with Crippen molar-refractivity contribution in [3.05, 3.63) is 30.3 Å². The largest absolute Gasteiger partial charge is 0 e. The summed E-state index contributed by atoms with van der Waals surface area (Å²) in [5.74, 6) is 0.322. The Kier molecular flexibility index (Phi) is 8.31. The number of benzene rings is 1. The quantitative estimate of drug-likeness (QED) is 0.654. The molecule has 1 N–H and O–H groups in total. The van der Waals surface area contributed by atoms with E-state index in [0.29, 0.717) is 5.75 Å². The summed E-state index contributed by atoms with van der Waals surface area (Å²) in [5.41, 5.74) is 0. The monoisotopic (exact) mass is 240 g/mol. The summed E-state index contributed by atoms with van der Waals surface area (Å²) in [7, 11) is 0. The molecule has 0 aliphatic rings. The molecule has 0 heterocycles. The molecule has 0 bridgehead atoms. The molecule has 0 aliphatic heterocycles. The van der Waals surface area contributed by atoms with Crippen LogP contribution in [0.25, 0.3) is 0 Å². The number of para-hydroxylation sites is 1. The normalized spacial score (nSPS) is 6.67. The molecular weight excluding hydrogens is 232 g/mol. The molecule has 0 spiro atoms. The summed E-state index contributed by atoms with van der Waals surface area (Å²) < 4.78 is 0. The zero-order valence-electron chi connectivity index (χ0n) is 5.04. The minimum atomic E-state index is 0. The zero-order chi connectivity index (χ0) is 5.11. The summed E-state index contributed by atoms with van der Waals surface area (Å²) in [6.45, 7) is 0. The van der Waals surface area contributed by atoms with Crippen LogP contribution in [0.3, 0.4) is 0 Å². The average Bonchev–Trinajstić information content (AvgIpc) is 1.69. The van der Waals surface area contributed by atoms with Gasteiger partial charge in [-0.25, -0.2) is 0 Å². The van der Waals surface area contributed by atoms with Gasteiger partial charge >= 0.3 is 17.1 Å². The minimum absolute atomic E-state index is 0. The molecule has 0 atom stereocenters. The maximum atomic E-state index is 8.63. The van der Waals surface area contributed by atoms with Crippen molar-refractivity contribution in [2.75, 3.05) is 0 Å². The SMILES string of the molecule is Oc1ccccc1.[SeH2].[Zn]. The Morgan fingerprint density at radius 3 is 1.67 bits per heavy atom. The van der Waals surface area contributed by atoms with Crippen LogP contribution in [0, 0.1) is 0 Å². The molecule has 9 heavy (non-hydrogen) atoms. The minimum Gasteiger partial charge on any atom is 0 e. The second-order valence-corrected chi connectivity index (χ2v) is 1.34. The molecule has 0 unspecified atom stereocenters. The Balaban J connectivity index is 0. The van der Waals surface area contributed by atoms with Gasteiger partial charge in [0, 0.05) is 19.5 Å². The van der Waals surface area contributed by atoms with Crippen LogP contribution < -0.4 is 0 Å². The Hall–Kier alpha value is 0.163. The topological polar surface area (TPSA) is 20.2 Å². The zero-order valence-corrected chi connectivity index (χ0v) is 10.1. The summed E-state index contributed by atoms with van der Waals surface area (Å²) in [5, 5.41) is 8.63. The first kappa shape index (κ1) is 11.9. The van der Waals surface area contributed by atoms with Crippen molar-refractivity contribution in [2.24, 2.45) is 0 Å². The molecule has 1 rings (SSSR count). The van der Waals surface area contributed by atoms with E-state index in [0.717, 1.165) is 0 Å². The van der Waals surface area contributed by atoms with E-state index in [2.05, 4.69) is 0 Å². The number of aromatic hydroxyl groups is 1. The third kappa shape index (κ3) is 4.65. The van der Waals surface area contributed by atoms with Gasteiger partial charge in [0.25, 0.3) is 0 Å². The third-order valence-corrected chi connectivity index (χ3v) is 0.756. The van der Waals surface area contributed by atoms with Crippen LogP contribution in [0.15, 0.2) is 30.3 Å². The van der Waals surface area contributed by atoms with Gasteiger partial charge in [0.2, 0.25) is 0 Å². The molecule has 3 heteroatoms. The van der Waals surface area contributed by atoms with Crippen molar-refractivity contribution < 1.29 is 24.6 Å². The van der Waals surface area contributed by atoms with Gasteiger partial charge in [-0.05, 0) is 12.1 Å². The first-order valence-corrected chi connectivity index (χ1v) is 2.13. The smallest absolute Gasteiger partial charge is 0 e. The molecule has 0 saturated heterocycles. The Bertz CT molecular complexity index is 143. The van der Waals surface area contributed by atoms with Gasteiger partial charge in [0.15, 0.2) is 0 Å². The molecule has 1 aromatic rings.